The van der Waals surface area contributed by atoms with Crippen LogP contribution in [0.1, 0.15) is 32.7 Å². The lowest BCUT2D eigenvalue weighted by atomic mass is 10.1. The molecule has 3 rings (SSSR count). The number of carbonyl (C=O) groups is 2. The van der Waals surface area contributed by atoms with Gasteiger partial charge in [-0.1, -0.05) is 0 Å². The molecule has 0 radical (unpaired) electrons. The van der Waals surface area contributed by atoms with Gasteiger partial charge in [0.1, 0.15) is 0 Å². The number of amides is 2. The predicted molar refractivity (Wildman–Crippen MR) is 98.4 cm³/mol. The molecule has 7 heteroatoms. The number of methoxy groups -OCH3 is 1. The molecule has 1 aromatic carbocycles. The normalized spacial score (nSPS) is 14.2. The minimum Gasteiger partial charge on any atom is -0.481 e. The van der Waals surface area contributed by atoms with E-state index in [4.69, 9.17) is 10.00 Å². The van der Waals surface area contributed by atoms with Crippen LogP contribution in [0.5, 0.6) is 5.88 Å². The average molecular weight is 364 g/mol. The van der Waals surface area contributed by atoms with Gasteiger partial charge in [0.15, 0.2) is 0 Å². The van der Waals surface area contributed by atoms with Crippen molar-refractivity contribution >= 4 is 11.8 Å². The summed E-state index contributed by atoms with van der Waals surface area (Å²) >= 11 is 0. The fourth-order valence-corrected chi connectivity index (χ4v) is 3.00. The molecular weight excluding hydrogens is 344 g/mol. The molecule has 0 unspecified atom stereocenters. The molecule has 0 aliphatic carbocycles. The van der Waals surface area contributed by atoms with Crippen LogP contribution in [0.4, 0.5) is 0 Å². The second-order valence-corrected chi connectivity index (χ2v) is 6.22. The molecule has 0 bridgehead atoms. The summed E-state index contributed by atoms with van der Waals surface area (Å²) in [5.74, 6) is 0.277. The number of pyridine rings is 1. The lowest BCUT2D eigenvalue weighted by Crippen LogP contribution is -2.37. The van der Waals surface area contributed by atoms with Gasteiger partial charge in [0, 0.05) is 44.0 Å². The first-order valence-electron chi connectivity index (χ1n) is 8.71. The number of carbonyl (C=O) groups excluding carboxylic acids is 2. The third-order valence-electron chi connectivity index (χ3n) is 4.52. The number of benzene rings is 1. The average Bonchev–Trinajstić information content (AvgIpc) is 2.99. The molecule has 2 amide bonds. The summed E-state index contributed by atoms with van der Waals surface area (Å²) in [4.78, 5) is 32.9. The Balaban J connectivity index is 1.64. The van der Waals surface area contributed by atoms with Crippen molar-refractivity contribution in [1.29, 1.82) is 5.26 Å². The minimum atomic E-state index is -0.0992. The predicted octanol–water partition coefficient (Wildman–Crippen LogP) is 1.95. The van der Waals surface area contributed by atoms with Gasteiger partial charge in [-0.25, -0.2) is 4.98 Å². The number of rotatable bonds is 3. The van der Waals surface area contributed by atoms with Crippen LogP contribution in [0.25, 0.3) is 0 Å². The first kappa shape index (κ1) is 18.4. The van der Waals surface area contributed by atoms with Gasteiger partial charge >= 0.3 is 0 Å². The second kappa shape index (κ2) is 8.32. The van der Waals surface area contributed by atoms with Gasteiger partial charge in [0.25, 0.3) is 11.8 Å². The van der Waals surface area contributed by atoms with Gasteiger partial charge in [-0.15, -0.1) is 0 Å². The fraction of sp³-hybridized carbons (Fsp3) is 0.300. The van der Waals surface area contributed by atoms with E-state index in [-0.39, 0.29) is 11.8 Å². The van der Waals surface area contributed by atoms with Crippen LogP contribution < -0.4 is 4.74 Å². The molecule has 1 fully saturated rings. The van der Waals surface area contributed by atoms with E-state index in [9.17, 15) is 9.59 Å². The highest BCUT2D eigenvalue weighted by Crippen LogP contribution is 2.14. The van der Waals surface area contributed by atoms with E-state index in [1.54, 1.807) is 46.2 Å². The molecule has 7 nitrogen and oxygen atoms in total. The topological polar surface area (TPSA) is 86.5 Å². The van der Waals surface area contributed by atoms with E-state index < -0.39 is 0 Å². The lowest BCUT2D eigenvalue weighted by molar-refractivity contribution is 0.0718. The van der Waals surface area contributed by atoms with Crippen LogP contribution in [0.3, 0.4) is 0 Å². The number of aromatic nitrogens is 1. The highest BCUT2D eigenvalue weighted by molar-refractivity contribution is 5.95. The highest BCUT2D eigenvalue weighted by atomic mass is 16.5. The maximum Gasteiger partial charge on any atom is 0.255 e. The van der Waals surface area contributed by atoms with Crippen molar-refractivity contribution in [2.45, 2.75) is 6.42 Å². The molecule has 0 spiro atoms. The van der Waals surface area contributed by atoms with Crippen LogP contribution in [0, 0.1) is 11.3 Å². The first-order chi connectivity index (χ1) is 13.1. The Hall–Kier alpha value is -3.40. The molecule has 0 N–H and O–H groups in total. The van der Waals surface area contributed by atoms with E-state index >= 15 is 0 Å². The Morgan fingerprint density at radius 2 is 1.56 bits per heavy atom. The quantitative estimate of drug-likeness (QED) is 0.831. The number of hydrogen-bond acceptors (Lipinski definition) is 5. The van der Waals surface area contributed by atoms with Gasteiger partial charge in [0.05, 0.1) is 24.3 Å². The lowest BCUT2D eigenvalue weighted by Gasteiger charge is -2.22. The molecule has 138 valence electrons. The van der Waals surface area contributed by atoms with Crippen LogP contribution in [-0.2, 0) is 0 Å². The van der Waals surface area contributed by atoms with Crippen molar-refractivity contribution in [3.8, 4) is 11.9 Å². The van der Waals surface area contributed by atoms with Gasteiger partial charge < -0.3 is 14.5 Å². The zero-order chi connectivity index (χ0) is 19.2. The minimum absolute atomic E-state index is 0.0834. The Morgan fingerprint density at radius 3 is 2.07 bits per heavy atom. The number of nitriles is 1. The molecule has 27 heavy (non-hydrogen) atoms. The van der Waals surface area contributed by atoms with Crippen LogP contribution in [0.2, 0.25) is 0 Å². The zero-order valence-electron chi connectivity index (χ0n) is 15.1. The monoisotopic (exact) mass is 364 g/mol. The summed E-state index contributed by atoms with van der Waals surface area (Å²) in [5.41, 5.74) is 1.57. The molecule has 1 saturated heterocycles. The van der Waals surface area contributed by atoms with E-state index in [0.717, 1.165) is 0 Å². The molecular formula is C20H20N4O3. The summed E-state index contributed by atoms with van der Waals surface area (Å²) in [7, 11) is 1.53. The Bertz CT molecular complexity index is 856. The number of hydrogen-bond donors (Lipinski definition) is 0. The van der Waals surface area contributed by atoms with E-state index in [1.165, 1.54) is 13.3 Å². The summed E-state index contributed by atoms with van der Waals surface area (Å²) in [6.45, 7) is 2.10. The van der Waals surface area contributed by atoms with Crippen molar-refractivity contribution < 1.29 is 14.3 Å². The Morgan fingerprint density at radius 1 is 0.963 bits per heavy atom. The van der Waals surface area contributed by atoms with Crippen molar-refractivity contribution in [3.05, 3.63) is 59.3 Å². The standard InChI is InChI=1S/C20H20N4O3/c1-27-18-8-7-17(14-22-18)20(26)24-10-2-9-23(11-12-24)19(25)16-5-3-15(13-21)4-6-16/h3-8,14H,2,9-12H2,1H3. The number of ether oxygens (including phenoxy) is 1. The van der Waals surface area contributed by atoms with Gasteiger partial charge in [-0.05, 0) is 36.8 Å². The summed E-state index contributed by atoms with van der Waals surface area (Å²) in [5, 5.41) is 8.86. The van der Waals surface area contributed by atoms with Crippen molar-refractivity contribution in [1.82, 2.24) is 14.8 Å². The van der Waals surface area contributed by atoms with Crippen LogP contribution >= 0.6 is 0 Å². The largest absolute Gasteiger partial charge is 0.481 e. The Kier molecular flexibility index (Phi) is 5.67. The molecule has 0 saturated carbocycles. The molecule has 2 aromatic rings. The van der Waals surface area contributed by atoms with Gasteiger partial charge in [-0.2, -0.15) is 5.26 Å². The van der Waals surface area contributed by atoms with Gasteiger partial charge in [-0.3, -0.25) is 9.59 Å². The summed E-state index contributed by atoms with van der Waals surface area (Å²) < 4.78 is 5.01. The Labute approximate surface area is 157 Å². The molecule has 2 heterocycles. The molecule has 1 aliphatic rings. The fourth-order valence-electron chi connectivity index (χ4n) is 3.00. The van der Waals surface area contributed by atoms with Crippen molar-refractivity contribution in [2.24, 2.45) is 0 Å². The molecule has 1 aromatic heterocycles. The van der Waals surface area contributed by atoms with Crippen LogP contribution in [-0.4, -0.2) is 59.9 Å². The molecule has 1 aliphatic heterocycles. The molecule has 0 atom stereocenters. The summed E-state index contributed by atoms with van der Waals surface area (Å²) in [6, 6.07) is 12.0. The number of nitrogens with zero attached hydrogens (tertiary/aromatic N) is 4. The smallest absolute Gasteiger partial charge is 0.255 e. The zero-order valence-corrected chi connectivity index (χ0v) is 15.1. The van der Waals surface area contributed by atoms with E-state index in [0.29, 0.717) is 55.2 Å². The van der Waals surface area contributed by atoms with Crippen molar-refractivity contribution in [3.63, 3.8) is 0 Å². The van der Waals surface area contributed by atoms with Gasteiger partial charge in [0.2, 0.25) is 5.88 Å². The maximum atomic E-state index is 12.7. The SMILES string of the molecule is COc1ccc(C(=O)N2CCCN(C(=O)c3ccc(C#N)cc3)CC2)cn1. The summed E-state index contributed by atoms with van der Waals surface area (Å²) in [6.07, 6.45) is 2.21. The van der Waals surface area contributed by atoms with Crippen LogP contribution in [0.15, 0.2) is 42.6 Å². The van der Waals surface area contributed by atoms with Crippen molar-refractivity contribution in [2.75, 3.05) is 33.3 Å². The first-order valence-corrected chi connectivity index (χ1v) is 8.71. The second-order valence-electron chi connectivity index (χ2n) is 6.22. The van der Waals surface area contributed by atoms with E-state index in [1.807, 2.05) is 6.07 Å². The third-order valence-corrected chi connectivity index (χ3v) is 4.52. The van der Waals surface area contributed by atoms with E-state index in [2.05, 4.69) is 4.98 Å². The third kappa shape index (κ3) is 4.23. The maximum absolute atomic E-state index is 12.7. The highest BCUT2D eigenvalue weighted by Gasteiger charge is 2.23.